The van der Waals surface area contributed by atoms with Gasteiger partial charge in [-0.15, -0.1) is 0 Å². The lowest BCUT2D eigenvalue weighted by Crippen LogP contribution is -1.96. The summed E-state index contributed by atoms with van der Waals surface area (Å²) in [5, 5.41) is 0.947. The summed E-state index contributed by atoms with van der Waals surface area (Å²) in [6.45, 7) is 2.00. The van der Waals surface area contributed by atoms with Crippen LogP contribution in [-0.2, 0) is 6.42 Å². The van der Waals surface area contributed by atoms with Gasteiger partial charge in [-0.1, -0.05) is 15.9 Å². The van der Waals surface area contributed by atoms with E-state index in [1.165, 1.54) is 5.56 Å². The number of hydrogen-bond donors (Lipinski definition) is 0. The van der Waals surface area contributed by atoms with E-state index in [1.807, 2.05) is 6.92 Å². The van der Waals surface area contributed by atoms with Gasteiger partial charge in [-0.05, 0) is 31.0 Å². The molecule has 0 fully saturated rings. The lowest BCUT2D eigenvalue weighted by molar-refractivity contribution is 0.388. The van der Waals surface area contributed by atoms with Crippen LogP contribution in [0.4, 0.5) is 0 Å². The zero-order valence-electron chi connectivity index (χ0n) is 8.76. The predicted octanol–water partition coefficient (Wildman–Crippen LogP) is 2.95. The summed E-state index contributed by atoms with van der Waals surface area (Å²) >= 11 is 3.42. The standard InChI is InChI=1S/C11H15BrO2/c1-8-10(13-2)6-9(4-5-12)7-11(8)14-3/h6-7H,4-5H2,1-3H3. The van der Waals surface area contributed by atoms with Crippen molar-refractivity contribution in [1.29, 1.82) is 0 Å². The van der Waals surface area contributed by atoms with Gasteiger partial charge >= 0.3 is 0 Å². The van der Waals surface area contributed by atoms with Crippen molar-refractivity contribution in [1.82, 2.24) is 0 Å². The molecule has 78 valence electrons. The fourth-order valence-corrected chi connectivity index (χ4v) is 1.85. The molecule has 0 saturated heterocycles. The van der Waals surface area contributed by atoms with Crippen molar-refractivity contribution in [2.75, 3.05) is 19.5 Å². The number of hydrogen-bond acceptors (Lipinski definition) is 2. The Morgan fingerprint density at radius 1 is 1.14 bits per heavy atom. The summed E-state index contributed by atoms with van der Waals surface area (Å²) in [6, 6.07) is 4.11. The van der Waals surface area contributed by atoms with Crippen LogP contribution in [0.1, 0.15) is 11.1 Å². The predicted molar refractivity (Wildman–Crippen MR) is 61.8 cm³/mol. The molecule has 0 spiro atoms. The normalized spacial score (nSPS) is 10.0. The third-order valence-electron chi connectivity index (χ3n) is 2.20. The molecule has 0 aliphatic carbocycles. The number of aryl methyl sites for hydroxylation is 1. The Morgan fingerprint density at radius 2 is 1.64 bits per heavy atom. The van der Waals surface area contributed by atoms with Crippen molar-refractivity contribution >= 4 is 15.9 Å². The largest absolute Gasteiger partial charge is 0.496 e. The van der Waals surface area contributed by atoms with Crippen molar-refractivity contribution in [2.45, 2.75) is 13.3 Å². The van der Waals surface area contributed by atoms with Crippen molar-refractivity contribution in [3.05, 3.63) is 23.3 Å². The summed E-state index contributed by atoms with van der Waals surface area (Å²) in [5.41, 5.74) is 2.27. The monoisotopic (exact) mass is 258 g/mol. The van der Waals surface area contributed by atoms with Gasteiger partial charge in [0.1, 0.15) is 11.5 Å². The molecule has 1 rings (SSSR count). The number of rotatable bonds is 4. The molecule has 0 aromatic heterocycles. The minimum absolute atomic E-state index is 0.889. The van der Waals surface area contributed by atoms with Gasteiger partial charge in [0, 0.05) is 10.9 Å². The highest BCUT2D eigenvalue weighted by Gasteiger charge is 2.07. The Morgan fingerprint density at radius 3 is 2.00 bits per heavy atom. The van der Waals surface area contributed by atoms with E-state index < -0.39 is 0 Å². The van der Waals surface area contributed by atoms with E-state index in [0.717, 1.165) is 28.8 Å². The molecular weight excluding hydrogens is 244 g/mol. The van der Waals surface area contributed by atoms with Gasteiger partial charge in [0.05, 0.1) is 14.2 Å². The van der Waals surface area contributed by atoms with E-state index in [9.17, 15) is 0 Å². The van der Waals surface area contributed by atoms with E-state index in [1.54, 1.807) is 14.2 Å². The summed E-state index contributed by atoms with van der Waals surface area (Å²) in [5.74, 6) is 1.78. The Bertz CT molecular complexity index is 285. The Labute approximate surface area is 93.4 Å². The average Bonchev–Trinajstić information content (AvgIpc) is 2.20. The van der Waals surface area contributed by atoms with E-state index in [0.29, 0.717) is 0 Å². The summed E-state index contributed by atoms with van der Waals surface area (Å²) in [4.78, 5) is 0. The molecule has 14 heavy (non-hydrogen) atoms. The maximum Gasteiger partial charge on any atom is 0.125 e. The quantitative estimate of drug-likeness (QED) is 0.774. The first-order valence-corrected chi connectivity index (χ1v) is 5.62. The molecule has 0 heterocycles. The van der Waals surface area contributed by atoms with Crippen molar-refractivity contribution < 1.29 is 9.47 Å². The van der Waals surface area contributed by atoms with Gasteiger partial charge in [-0.2, -0.15) is 0 Å². The Balaban J connectivity index is 3.11. The fourth-order valence-electron chi connectivity index (χ4n) is 1.39. The molecule has 0 aliphatic rings. The van der Waals surface area contributed by atoms with Crippen LogP contribution in [0.25, 0.3) is 0 Å². The average molecular weight is 259 g/mol. The lowest BCUT2D eigenvalue weighted by atomic mass is 10.1. The molecule has 0 amide bonds. The SMILES string of the molecule is COc1cc(CCBr)cc(OC)c1C. The van der Waals surface area contributed by atoms with Crippen molar-refractivity contribution in [3.8, 4) is 11.5 Å². The van der Waals surface area contributed by atoms with Crippen molar-refractivity contribution in [3.63, 3.8) is 0 Å². The van der Waals surface area contributed by atoms with E-state index in [2.05, 4.69) is 28.1 Å². The molecule has 0 saturated carbocycles. The minimum Gasteiger partial charge on any atom is -0.496 e. The molecule has 0 atom stereocenters. The topological polar surface area (TPSA) is 18.5 Å². The zero-order valence-corrected chi connectivity index (χ0v) is 10.3. The third kappa shape index (κ3) is 2.41. The van der Waals surface area contributed by atoms with Crippen LogP contribution < -0.4 is 9.47 Å². The molecule has 3 heteroatoms. The highest BCUT2D eigenvalue weighted by molar-refractivity contribution is 9.09. The van der Waals surface area contributed by atoms with Gasteiger partial charge < -0.3 is 9.47 Å². The second-order valence-corrected chi connectivity index (χ2v) is 3.86. The van der Waals surface area contributed by atoms with Crippen LogP contribution in [0, 0.1) is 6.92 Å². The van der Waals surface area contributed by atoms with Gasteiger partial charge in [0.15, 0.2) is 0 Å². The third-order valence-corrected chi connectivity index (χ3v) is 2.59. The Kier molecular flexibility index (Phi) is 4.26. The zero-order chi connectivity index (χ0) is 10.6. The maximum absolute atomic E-state index is 5.28. The molecule has 0 N–H and O–H groups in total. The van der Waals surface area contributed by atoms with Gasteiger partial charge in [-0.3, -0.25) is 0 Å². The first-order valence-electron chi connectivity index (χ1n) is 4.50. The molecule has 1 aromatic carbocycles. The van der Waals surface area contributed by atoms with Crippen LogP contribution in [0.2, 0.25) is 0 Å². The highest BCUT2D eigenvalue weighted by Crippen LogP contribution is 2.29. The Hall–Kier alpha value is -0.700. The number of alkyl halides is 1. The summed E-state index contributed by atoms with van der Waals surface area (Å²) < 4.78 is 10.6. The first kappa shape index (κ1) is 11.4. The number of benzene rings is 1. The van der Waals surface area contributed by atoms with E-state index in [4.69, 9.17) is 9.47 Å². The number of halogens is 1. The van der Waals surface area contributed by atoms with Crippen molar-refractivity contribution in [2.24, 2.45) is 0 Å². The molecular formula is C11H15BrO2. The maximum atomic E-state index is 5.28. The molecule has 0 aliphatic heterocycles. The van der Waals surface area contributed by atoms with E-state index >= 15 is 0 Å². The minimum atomic E-state index is 0.889. The molecule has 2 nitrogen and oxygen atoms in total. The van der Waals surface area contributed by atoms with Crippen LogP contribution in [0.15, 0.2) is 12.1 Å². The molecule has 1 aromatic rings. The number of methoxy groups -OCH3 is 2. The second kappa shape index (κ2) is 5.25. The highest BCUT2D eigenvalue weighted by atomic mass is 79.9. The van der Waals surface area contributed by atoms with Gasteiger partial charge in [0.2, 0.25) is 0 Å². The summed E-state index contributed by atoms with van der Waals surface area (Å²) in [6.07, 6.45) is 0.979. The van der Waals surface area contributed by atoms with Gasteiger partial charge in [0.25, 0.3) is 0 Å². The van der Waals surface area contributed by atoms with Crippen LogP contribution in [0.5, 0.6) is 11.5 Å². The smallest absolute Gasteiger partial charge is 0.125 e. The van der Waals surface area contributed by atoms with Crippen LogP contribution >= 0.6 is 15.9 Å². The molecule has 0 radical (unpaired) electrons. The van der Waals surface area contributed by atoms with E-state index in [-0.39, 0.29) is 0 Å². The number of ether oxygens (including phenoxy) is 2. The molecule has 0 bridgehead atoms. The second-order valence-electron chi connectivity index (χ2n) is 3.06. The van der Waals surface area contributed by atoms with Crippen LogP contribution in [-0.4, -0.2) is 19.5 Å². The van der Waals surface area contributed by atoms with Crippen LogP contribution in [0.3, 0.4) is 0 Å². The lowest BCUT2D eigenvalue weighted by Gasteiger charge is -2.11. The summed E-state index contributed by atoms with van der Waals surface area (Å²) in [7, 11) is 3.36. The molecule has 0 unspecified atom stereocenters. The van der Waals surface area contributed by atoms with Gasteiger partial charge in [-0.25, -0.2) is 0 Å². The first-order chi connectivity index (χ1) is 6.72. The fraction of sp³-hybridized carbons (Fsp3) is 0.455.